The second kappa shape index (κ2) is 5.81. The van der Waals surface area contributed by atoms with Gasteiger partial charge in [0.25, 0.3) is 5.91 Å². The molecule has 0 heterocycles. The number of halogens is 3. The Morgan fingerprint density at radius 3 is 2.30 bits per heavy atom. The van der Waals surface area contributed by atoms with Crippen LogP contribution in [0.3, 0.4) is 0 Å². The van der Waals surface area contributed by atoms with Crippen LogP contribution in [0, 0.1) is 19.7 Å². The van der Waals surface area contributed by atoms with E-state index in [1.165, 1.54) is 6.07 Å². The molecule has 0 aliphatic carbocycles. The minimum atomic E-state index is -0.678. The number of carbonyl (C=O) groups excluding carboxylic acids is 1. The molecule has 1 N–H and O–H groups in total. The maximum absolute atomic E-state index is 13.4. The quantitative estimate of drug-likeness (QED) is 0.777. The predicted molar refractivity (Wildman–Crippen MR) is 80.3 cm³/mol. The van der Waals surface area contributed by atoms with Crippen molar-refractivity contribution in [1.29, 1.82) is 0 Å². The first-order chi connectivity index (χ1) is 9.40. The molecule has 1 amide bonds. The summed E-state index contributed by atoms with van der Waals surface area (Å²) < 4.78 is 13.4. The van der Waals surface area contributed by atoms with E-state index in [0.29, 0.717) is 5.69 Å². The molecule has 0 saturated carbocycles. The molecule has 0 aliphatic heterocycles. The molecule has 0 saturated heterocycles. The third-order valence-corrected chi connectivity index (χ3v) is 3.58. The first-order valence-electron chi connectivity index (χ1n) is 5.92. The van der Waals surface area contributed by atoms with Crippen LogP contribution < -0.4 is 5.32 Å². The number of para-hydroxylation sites is 1. The topological polar surface area (TPSA) is 29.1 Å². The number of anilines is 1. The standard InChI is InChI=1S/C15H12Cl2FNO/c1-8-4-3-5-9(2)14(8)19-15(20)10-6-13(18)12(17)7-11(10)16/h3-7H,1-2H3,(H,19,20). The van der Waals surface area contributed by atoms with Crippen molar-refractivity contribution < 1.29 is 9.18 Å². The van der Waals surface area contributed by atoms with E-state index < -0.39 is 11.7 Å². The van der Waals surface area contributed by atoms with Crippen molar-refractivity contribution in [3.8, 4) is 0 Å². The number of rotatable bonds is 2. The van der Waals surface area contributed by atoms with E-state index >= 15 is 0 Å². The van der Waals surface area contributed by atoms with Crippen LogP contribution in [-0.4, -0.2) is 5.91 Å². The number of aryl methyl sites for hydroxylation is 2. The summed E-state index contributed by atoms with van der Waals surface area (Å²) in [5.74, 6) is -1.15. The van der Waals surface area contributed by atoms with Crippen LogP contribution >= 0.6 is 23.2 Å². The summed E-state index contributed by atoms with van der Waals surface area (Å²) in [5.41, 5.74) is 2.59. The molecule has 5 heteroatoms. The van der Waals surface area contributed by atoms with Gasteiger partial charge < -0.3 is 5.32 Å². The third-order valence-electron chi connectivity index (χ3n) is 2.97. The summed E-state index contributed by atoms with van der Waals surface area (Å²) in [4.78, 5) is 12.2. The minimum absolute atomic E-state index is 0.0521. The maximum Gasteiger partial charge on any atom is 0.257 e. The molecule has 2 aromatic rings. The van der Waals surface area contributed by atoms with E-state index in [1.807, 2.05) is 32.0 Å². The van der Waals surface area contributed by atoms with Crippen molar-refractivity contribution in [2.24, 2.45) is 0 Å². The summed E-state index contributed by atoms with van der Waals surface area (Å²) in [6.45, 7) is 3.76. The highest BCUT2D eigenvalue weighted by Gasteiger charge is 2.15. The zero-order valence-electron chi connectivity index (χ0n) is 10.9. The fourth-order valence-corrected chi connectivity index (χ4v) is 2.36. The van der Waals surface area contributed by atoms with Gasteiger partial charge in [-0.15, -0.1) is 0 Å². The lowest BCUT2D eigenvalue weighted by Crippen LogP contribution is -2.14. The Hall–Kier alpha value is -1.58. The summed E-state index contributed by atoms with van der Waals surface area (Å²) in [6, 6.07) is 7.92. The van der Waals surface area contributed by atoms with E-state index in [9.17, 15) is 9.18 Å². The highest BCUT2D eigenvalue weighted by atomic mass is 35.5. The molecular formula is C15H12Cl2FNO. The molecule has 20 heavy (non-hydrogen) atoms. The molecule has 0 aliphatic rings. The van der Waals surface area contributed by atoms with Crippen molar-refractivity contribution in [2.75, 3.05) is 5.32 Å². The lowest BCUT2D eigenvalue weighted by molar-refractivity contribution is 0.102. The number of hydrogen-bond acceptors (Lipinski definition) is 1. The van der Waals surface area contributed by atoms with Crippen LogP contribution in [-0.2, 0) is 0 Å². The molecule has 2 rings (SSSR count). The second-order valence-corrected chi connectivity index (χ2v) is 5.28. The van der Waals surface area contributed by atoms with Gasteiger partial charge in [0.05, 0.1) is 15.6 Å². The van der Waals surface area contributed by atoms with E-state index in [1.54, 1.807) is 0 Å². The van der Waals surface area contributed by atoms with E-state index in [2.05, 4.69) is 5.32 Å². The van der Waals surface area contributed by atoms with Gasteiger partial charge >= 0.3 is 0 Å². The maximum atomic E-state index is 13.4. The Bertz CT molecular complexity index is 666. The van der Waals surface area contributed by atoms with Gasteiger partial charge in [0.1, 0.15) is 5.82 Å². The zero-order valence-corrected chi connectivity index (χ0v) is 12.4. The third kappa shape index (κ3) is 2.94. The number of nitrogens with one attached hydrogen (secondary N) is 1. The number of hydrogen-bond donors (Lipinski definition) is 1. The van der Waals surface area contributed by atoms with Gasteiger partial charge in [0.2, 0.25) is 0 Å². The summed E-state index contributed by atoms with van der Waals surface area (Å²) in [5, 5.41) is 2.75. The van der Waals surface area contributed by atoms with E-state index in [0.717, 1.165) is 17.2 Å². The molecule has 0 spiro atoms. The summed E-state index contributed by atoms with van der Waals surface area (Å²) in [6.07, 6.45) is 0. The highest BCUT2D eigenvalue weighted by molar-refractivity contribution is 6.37. The van der Waals surface area contributed by atoms with Crippen LogP contribution in [0.25, 0.3) is 0 Å². The number of benzene rings is 2. The van der Waals surface area contributed by atoms with Crippen molar-refractivity contribution >= 4 is 34.8 Å². The van der Waals surface area contributed by atoms with Crippen LogP contribution in [0.2, 0.25) is 10.0 Å². The lowest BCUT2D eigenvalue weighted by Gasteiger charge is -2.12. The molecule has 0 radical (unpaired) electrons. The van der Waals surface area contributed by atoms with Crippen molar-refractivity contribution in [3.63, 3.8) is 0 Å². The fraction of sp³-hybridized carbons (Fsp3) is 0.133. The van der Waals surface area contributed by atoms with Crippen LogP contribution in [0.15, 0.2) is 30.3 Å². The summed E-state index contributed by atoms with van der Waals surface area (Å²) >= 11 is 11.5. The fourth-order valence-electron chi connectivity index (χ4n) is 1.89. The Morgan fingerprint density at radius 2 is 1.70 bits per heavy atom. The van der Waals surface area contributed by atoms with Gasteiger partial charge in [0.15, 0.2) is 0 Å². The highest BCUT2D eigenvalue weighted by Crippen LogP contribution is 2.26. The Labute approximate surface area is 126 Å². The van der Waals surface area contributed by atoms with Crippen LogP contribution in [0.5, 0.6) is 0 Å². The average molecular weight is 312 g/mol. The molecule has 0 bridgehead atoms. The molecule has 104 valence electrons. The number of carbonyl (C=O) groups is 1. The molecular weight excluding hydrogens is 300 g/mol. The van der Waals surface area contributed by atoms with Crippen LogP contribution in [0.1, 0.15) is 21.5 Å². The van der Waals surface area contributed by atoms with Crippen LogP contribution in [0.4, 0.5) is 10.1 Å². The van der Waals surface area contributed by atoms with Crippen molar-refractivity contribution in [1.82, 2.24) is 0 Å². The first kappa shape index (κ1) is 14.8. The summed E-state index contributed by atoms with van der Waals surface area (Å²) in [7, 11) is 0. The second-order valence-electron chi connectivity index (χ2n) is 4.47. The minimum Gasteiger partial charge on any atom is -0.321 e. The first-order valence-corrected chi connectivity index (χ1v) is 6.68. The zero-order chi connectivity index (χ0) is 14.9. The monoisotopic (exact) mass is 311 g/mol. The Kier molecular flexibility index (Phi) is 4.31. The normalized spacial score (nSPS) is 10.4. The van der Waals surface area contributed by atoms with E-state index in [-0.39, 0.29) is 15.6 Å². The molecule has 2 aromatic carbocycles. The van der Waals surface area contributed by atoms with Gasteiger partial charge in [-0.3, -0.25) is 4.79 Å². The molecule has 0 atom stereocenters. The molecule has 0 unspecified atom stereocenters. The van der Waals surface area contributed by atoms with Gasteiger partial charge in [-0.1, -0.05) is 41.4 Å². The molecule has 2 nitrogen and oxygen atoms in total. The van der Waals surface area contributed by atoms with E-state index in [4.69, 9.17) is 23.2 Å². The predicted octanol–water partition coefficient (Wildman–Crippen LogP) is 5.00. The largest absolute Gasteiger partial charge is 0.321 e. The average Bonchev–Trinajstić information content (AvgIpc) is 2.38. The Morgan fingerprint density at radius 1 is 1.10 bits per heavy atom. The molecule has 0 fully saturated rings. The Balaban J connectivity index is 2.36. The van der Waals surface area contributed by atoms with Crippen molar-refractivity contribution in [2.45, 2.75) is 13.8 Å². The smallest absolute Gasteiger partial charge is 0.257 e. The van der Waals surface area contributed by atoms with Crippen molar-refractivity contribution in [3.05, 3.63) is 62.9 Å². The molecule has 0 aromatic heterocycles. The van der Waals surface area contributed by atoms with Gasteiger partial charge in [-0.25, -0.2) is 4.39 Å². The lowest BCUT2D eigenvalue weighted by atomic mass is 10.1. The van der Waals surface area contributed by atoms with Gasteiger partial charge in [0, 0.05) is 5.69 Å². The SMILES string of the molecule is Cc1cccc(C)c1NC(=O)c1cc(F)c(Cl)cc1Cl. The van der Waals surface area contributed by atoms with Gasteiger partial charge in [-0.2, -0.15) is 0 Å². The van der Waals surface area contributed by atoms with Gasteiger partial charge in [-0.05, 0) is 37.1 Å². The number of amides is 1.